The molecular formula is C10H11F9. The van der Waals surface area contributed by atoms with E-state index in [0.29, 0.717) is 0 Å². The van der Waals surface area contributed by atoms with Crippen molar-refractivity contribution in [2.45, 2.75) is 32.4 Å². The van der Waals surface area contributed by atoms with E-state index in [0.717, 1.165) is 13.8 Å². The molecule has 0 radical (unpaired) electrons. The molecule has 0 aromatic rings. The molecule has 4 unspecified atom stereocenters. The minimum Gasteiger partial charge on any atom is -0.171 e. The van der Waals surface area contributed by atoms with Gasteiger partial charge in [-0.15, -0.1) is 0 Å². The smallest absolute Gasteiger partial charge is 0.171 e. The maximum absolute atomic E-state index is 12.7. The van der Waals surface area contributed by atoms with Gasteiger partial charge in [0.15, 0.2) is 0 Å². The zero-order valence-electron chi connectivity index (χ0n) is 9.79. The van der Waals surface area contributed by atoms with Crippen LogP contribution in [0.1, 0.15) is 13.8 Å². The Kier molecular flexibility index (Phi) is 3.84. The van der Waals surface area contributed by atoms with E-state index in [1.165, 1.54) is 0 Å². The minimum absolute atomic E-state index is 0.785. The Labute approximate surface area is 103 Å². The first kappa shape index (κ1) is 16.4. The predicted octanol–water partition coefficient (Wildman–Crippen LogP) is 4.81. The Morgan fingerprint density at radius 1 is 0.474 bits per heavy atom. The quantitative estimate of drug-likeness (QED) is 0.563. The van der Waals surface area contributed by atoms with Gasteiger partial charge in [-0.2, -0.15) is 39.5 Å². The maximum atomic E-state index is 12.7. The molecule has 0 aromatic heterocycles. The molecule has 0 aliphatic heterocycles. The fourth-order valence-corrected chi connectivity index (χ4v) is 2.94. The molecule has 1 fully saturated rings. The second kappa shape index (κ2) is 4.44. The van der Waals surface area contributed by atoms with E-state index in [2.05, 4.69) is 0 Å². The van der Waals surface area contributed by atoms with Crippen LogP contribution in [0.3, 0.4) is 0 Å². The van der Waals surface area contributed by atoms with Gasteiger partial charge in [0.05, 0.1) is 17.8 Å². The van der Waals surface area contributed by atoms with Gasteiger partial charge in [0.2, 0.25) is 0 Å². The fraction of sp³-hybridized carbons (Fsp3) is 1.00. The second-order valence-electron chi connectivity index (χ2n) is 4.92. The molecule has 4 atom stereocenters. The van der Waals surface area contributed by atoms with Crippen molar-refractivity contribution in [3.8, 4) is 0 Å². The van der Waals surface area contributed by atoms with Gasteiger partial charge in [0.1, 0.15) is 0 Å². The van der Waals surface area contributed by atoms with E-state index in [1.54, 1.807) is 0 Å². The largest absolute Gasteiger partial charge is 0.393 e. The summed E-state index contributed by atoms with van der Waals surface area (Å²) in [6.07, 6.45) is -16.2. The summed E-state index contributed by atoms with van der Waals surface area (Å²) in [5, 5.41) is 0. The number of rotatable bonds is 0. The van der Waals surface area contributed by atoms with Crippen LogP contribution in [0.25, 0.3) is 0 Å². The van der Waals surface area contributed by atoms with Crippen LogP contribution in [0.2, 0.25) is 0 Å². The highest BCUT2D eigenvalue weighted by atomic mass is 19.4. The lowest BCUT2D eigenvalue weighted by atomic mass is 9.85. The fourth-order valence-electron chi connectivity index (χ4n) is 2.94. The maximum Gasteiger partial charge on any atom is 0.393 e. The Hall–Kier alpha value is -0.630. The van der Waals surface area contributed by atoms with Crippen molar-refractivity contribution in [1.82, 2.24) is 0 Å². The van der Waals surface area contributed by atoms with Crippen LogP contribution < -0.4 is 0 Å². The molecule has 0 saturated heterocycles. The molecule has 19 heavy (non-hydrogen) atoms. The number of alkyl halides is 9. The highest BCUT2D eigenvalue weighted by molar-refractivity contribution is 5.01. The summed E-state index contributed by atoms with van der Waals surface area (Å²) < 4.78 is 114. The van der Waals surface area contributed by atoms with E-state index in [9.17, 15) is 39.5 Å². The van der Waals surface area contributed by atoms with Crippen LogP contribution in [0, 0.1) is 29.6 Å². The highest BCUT2D eigenvalue weighted by Crippen LogP contribution is 2.61. The van der Waals surface area contributed by atoms with Crippen LogP contribution in [0.15, 0.2) is 0 Å². The Balaban J connectivity index is 3.34. The molecule has 114 valence electrons. The average Bonchev–Trinajstić information content (AvgIpc) is 2.36. The van der Waals surface area contributed by atoms with Crippen molar-refractivity contribution in [1.29, 1.82) is 0 Å². The van der Waals surface area contributed by atoms with Crippen molar-refractivity contribution >= 4 is 0 Å². The van der Waals surface area contributed by atoms with E-state index in [-0.39, 0.29) is 0 Å². The van der Waals surface area contributed by atoms with Crippen LogP contribution in [-0.2, 0) is 0 Å². The van der Waals surface area contributed by atoms with Gasteiger partial charge >= 0.3 is 18.5 Å². The number of halogens is 9. The molecule has 1 saturated carbocycles. The van der Waals surface area contributed by atoms with Gasteiger partial charge in [-0.3, -0.25) is 0 Å². The first-order valence-electron chi connectivity index (χ1n) is 5.39. The van der Waals surface area contributed by atoms with Crippen molar-refractivity contribution in [3.63, 3.8) is 0 Å². The lowest BCUT2D eigenvalue weighted by Gasteiger charge is -2.30. The van der Waals surface area contributed by atoms with E-state index in [1.807, 2.05) is 0 Å². The third-order valence-corrected chi connectivity index (χ3v) is 3.87. The van der Waals surface area contributed by atoms with Crippen LogP contribution >= 0.6 is 0 Å². The molecule has 9 heteroatoms. The summed E-state index contributed by atoms with van der Waals surface area (Å²) in [6.45, 7) is 1.57. The molecular weight excluding hydrogens is 291 g/mol. The van der Waals surface area contributed by atoms with Crippen molar-refractivity contribution < 1.29 is 39.5 Å². The third-order valence-electron chi connectivity index (χ3n) is 3.87. The number of hydrogen-bond acceptors (Lipinski definition) is 0. The van der Waals surface area contributed by atoms with Gasteiger partial charge in [-0.25, -0.2) is 0 Å². The summed E-state index contributed by atoms with van der Waals surface area (Å²) in [5.41, 5.74) is 0. The topological polar surface area (TPSA) is 0 Å². The lowest BCUT2D eigenvalue weighted by Crippen LogP contribution is -2.43. The van der Waals surface area contributed by atoms with E-state index in [4.69, 9.17) is 0 Å². The summed E-state index contributed by atoms with van der Waals surface area (Å²) in [7, 11) is 0. The average molecular weight is 302 g/mol. The molecule has 0 heterocycles. The zero-order valence-corrected chi connectivity index (χ0v) is 9.79. The van der Waals surface area contributed by atoms with Gasteiger partial charge in [-0.1, -0.05) is 13.8 Å². The molecule has 0 nitrogen and oxygen atoms in total. The predicted molar refractivity (Wildman–Crippen MR) is 47.0 cm³/mol. The summed E-state index contributed by atoms with van der Waals surface area (Å²) in [6, 6.07) is 0. The van der Waals surface area contributed by atoms with Crippen LogP contribution in [0.4, 0.5) is 39.5 Å². The Morgan fingerprint density at radius 2 is 0.684 bits per heavy atom. The molecule has 0 amide bonds. The molecule has 0 spiro atoms. The van der Waals surface area contributed by atoms with Gasteiger partial charge in [0.25, 0.3) is 0 Å². The summed E-state index contributed by atoms with van der Waals surface area (Å²) in [4.78, 5) is 0. The van der Waals surface area contributed by atoms with Crippen molar-refractivity contribution in [2.75, 3.05) is 0 Å². The Bertz CT molecular complexity index is 297. The van der Waals surface area contributed by atoms with Crippen molar-refractivity contribution in [3.05, 3.63) is 0 Å². The monoisotopic (exact) mass is 302 g/mol. The van der Waals surface area contributed by atoms with Gasteiger partial charge < -0.3 is 0 Å². The highest BCUT2D eigenvalue weighted by Gasteiger charge is 2.71. The Morgan fingerprint density at radius 3 is 0.842 bits per heavy atom. The molecule has 0 bridgehead atoms. The van der Waals surface area contributed by atoms with Crippen LogP contribution in [0.5, 0.6) is 0 Å². The molecule has 1 aliphatic rings. The summed E-state index contributed by atoms with van der Waals surface area (Å²) in [5.74, 6) is -12.9. The molecule has 1 rings (SSSR count). The van der Waals surface area contributed by atoms with E-state index >= 15 is 0 Å². The summed E-state index contributed by atoms with van der Waals surface area (Å²) >= 11 is 0. The molecule has 1 aliphatic carbocycles. The molecule has 0 aromatic carbocycles. The first-order chi connectivity index (χ1) is 8.19. The standard InChI is InChI=1S/C10H11F9/c1-3-4(2)6(9(14,15)16)7(10(17,18)19)5(3)8(11,12)13/h3-7H,1-2H3. The van der Waals surface area contributed by atoms with Crippen molar-refractivity contribution in [2.24, 2.45) is 29.6 Å². The first-order valence-corrected chi connectivity index (χ1v) is 5.39. The van der Waals surface area contributed by atoms with Gasteiger partial charge in [0, 0.05) is 0 Å². The normalized spacial score (nSPS) is 37.7. The minimum atomic E-state index is -5.54. The molecule has 0 N–H and O–H groups in total. The lowest BCUT2D eigenvalue weighted by molar-refractivity contribution is -0.286. The SMILES string of the molecule is CC1C(C)C(C(F)(F)F)C(C(F)(F)F)C1C(F)(F)F. The van der Waals surface area contributed by atoms with E-state index < -0.39 is 48.1 Å². The zero-order chi connectivity index (χ0) is 15.4. The third kappa shape index (κ3) is 2.94. The van der Waals surface area contributed by atoms with Crippen LogP contribution in [-0.4, -0.2) is 18.5 Å². The number of hydrogen-bond donors (Lipinski definition) is 0. The van der Waals surface area contributed by atoms with Gasteiger partial charge in [-0.05, 0) is 11.8 Å². The second-order valence-corrected chi connectivity index (χ2v) is 4.92.